The smallest absolute Gasteiger partial charge is 0.521 e. The van der Waals surface area contributed by atoms with E-state index >= 15 is 0 Å². The second-order valence-electron chi connectivity index (χ2n) is 0.731. The van der Waals surface area contributed by atoms with Gasteiger partial charge in [0, 0.05) is 0 Å². The monoisotopic (exact) mass is 213 g/mol. The third-order valence-corrected chi connectivity index (χ3v) is 0.944. The van der Waals surface area contributed by atoms with Crippen LogP contribution in [0.25, 0.3) is 0 Å². The molecule has 12 heavy (non-hydrogen) atoms. The summed E-state index contributed by atoms with van der Waals surface area (Å²) < 4.78 is 0. The molecule has 0 saturated carbocycles. The molecular weight excluding hydrogens is 208 g/mol. The van der Waals surface area contributed by atoms with Gasteiger partial charge in [-0.15, -0.1) is 5.38 Å². The van der Waals surface area contributed by atoms with Crippen LogP contribution in [-0.4, -0.2) is 0 Å². The Labute approximate surface area is 113 Å². The van der Waals surface area contributed by atoms with Gasteiger partial charge < -0.3 is 29.7 Å². The van der Waals surface area contributed by atoms with Gasteiger partial charge >= 0.3 is 54.8 Å². The third kappa shape index (κ3) is 31.1. The predicted molar refractivity (Wildman–Crippen MR) is 38.1 cm³/mol. The molecule has 0 spiro atoms. The van der Waals surface area contributed by atoms with E-state index < -0.39 is 0 Å². The molecule has 0 unspecified atom stereocenters. The summed E-state index contributed by atoms with van der Waals surface area (Å²) >= 11 is 1.59. The summed E-state index contributed by atoms with van der Waals surface area (Å²) in [6.45, 7) is 11.8. The van der Waals surface area contributed by atoms with Crippen LogP contribution in [-0.2, 0) is 17.1 Å². The molecule has 0 aromatic carbocycles. The van der Waals surface area contributed by atoms with Gasteiger partial charge in [0.2, 0.25) is 0 Å². The van der Waals surface area contributed by atoms with Gasteiger partial charge in [-0.25, -0.2) is 6.07 Å². The molecule has 1 nitrogen and oxygen atoms in total. The van der Waals surface area contributed by atoms with E-state index in [2.05, 4.69) is 18.5 Å². The van der Waals surface area contributed by atoms with E-state index in [-0.39, 0.29) is 54.8 Å². The number of rotatable bonds is 0. The van der Waals surface area contributed by atoms with Crippen molar-refractivity contribution in [2.75, 3.05) is 0 Å². The van der Waals surface area contributed by atoms with Gasteiger partial charge in [0.1, 0.15) is 0 Å². The van der Waals surface area contributed by atoms with E-state index in [4.69, 9.17) is 11.8 Å². The summed E-state index contributed by atoms with van der Waals surface area (Å²) in [6.07, 6.45) is 0. The molecule has 0 aliphatic carbocycles. The predicted octanol–water partition coefficient (Wildman–Crippen LogP) is -3.74. The van der Waals surface area contributed by atoms with E-state index in [1.165, 1.54) is 0 Å². The normalized spacial score (nSPS) is 3.83. The first-order valence-electron chi connectivity index (χ1n) is 2.03. The van der Waals surface area contributed by atoms with E-state index in [9.17, 15) is 0 Å². The maximum absolute atomic E-state index is 6.25. The maximum atomic E-state index is 6.25. The number of nitrogens with zero attached hydrogens (tertiary/aromatic N) is 1. The summed E-state index contributed by atoms with van der Waals surface area (Å²) in [5.74, 6) is 0. The van der Waals surface area contributed by atoms with Crippen LogP contribution in [0.4, 0.5) is 0 Å². The van der Waals surface area contributed by atoms with Crippen LogP contribution in [0.5, 0.6) is 0 Å². The van der Waals surface area contributed by atoms with Crippen molar-refractivity contribution in [3.8, 4) is 0 Å². The van der Waals surface area contributed by atoms with E-state index in [1.54, 1.807) is 11.3 Å². The fraction of sp³-hybridized carbons (Fsp3) is 0. The van der Waals surface area contributed by atoms with Crippen molar-refractivity contribution in [2.24, 2.45) is 0 Å². The van der Waals surface area contributed by atoms with Crippen LogP contribution in [0, 0.1) is 23.8 Å². The summed E-state index contributed by atoms with van der Waals surface area (Å²) in [5.41, 5.74) is 0. The van der Waals surface area contributed by atoms with E-state index in [0.717, 1.165) is 0 Å². The molecule has 5 heteroatoms. The van der Waals surface area contributed by atoms with Crippen LogP contribution in [0.3, 0.4) is 0 Å². The van der Waals surface area contributed by atoms with Crippen molar-refractivity contribution >= 4 is 11.3 Å². The van der Waals surface area contributed by atoms with Crippen molar-refractivity contribution in [3.63, 3.8) is 0 Å². The zero-order valence-electron chi connectivity index (χ0n) is 7.17. The van der Waals surface area contributed by atoms with Gasteiger partial charge in [-0.2, -0.15) is 11.4 Å². The molecule has 58 valence electrons. The molecule has 0 aliphatic rings. The van der Waals surface area contributed by atoms with Crippen molar-refractivity contribution in [1.29, 1.82) is 5.26 Å². The average Bonchev–Trinajstić information content (AvgIpc) is 2.51. The summed E-state index contributed by atoms with van der Waals surface area (Å²) in [7, 11) is 0. The molecule has 1 aromatic rings. The molecule has 0 saturated heterocycles. The second kappa shape index (κ2) is 41.4. The Hall–Kier alpha value is 0.644. The minimum absolute atomic E-state index is 0. The minimum atomic E-state index is 0. The molecular formula is C7H6CuLi2NS. The van der Waals surface area contributed by atoms with Crippen molar-refractivity contribution < 1.29 is 54.8 Å². The first-order valence-corrected chi connectivity index (χ1v) is 2.91. The van der Waals surface area contributed by atoms with E-state index in [0.29, 0.717) is 0 Å². The number of thiophene rings is 1. The van der Waals surface area contributed by atoms with E-state index in [1.807, 2.05) is 17.5 Å². The van der Waals surface area contributed by atoms with Crippen molar-refractivity contribution in [3.05, 3.63) is 42.6 Å². The Morgan fingerprint density at radius 3 is 1.83 bits per heavy atom. The third-order valence-electron chi connectivity index (χ3n) is 0.379. The average molecular weight is 214 g/mol. The molecule has 1 heterocycles. The second-order valence-corrected chi connectivity index (χ2v) is 1.47. The molecule has 1 rings (SSSR count). The Kier molecular flexibility index (Phi) is 101. The van der Waals surface area contributed by atoms with Gasteiger partial charge in [0.05, 0.1) is 0 Å². The minimum Gasteiger partial charge on any atom is -0.521 e. The Morgan fingerprint density at radius 2 is 1.75 bits per heavy atom. The topological polar surface area (TPSA) is 23.8 Å². The summed E-state index contributed by atoms with van der Waals surface area (Å²) in [6, 6.07) is 3.86. The molecule has 0 atom stereocenters. The van der Waals surface area contributed by atoms with Gasteiger partial charge in [-0.1, -0.05) is 0 Å². The maximum Gasteiger partial charge on any atom is 1.00 e. The molecule has 0 N–H and O–H groups in total. The van der Waals surface area contributed by atoms with Crippen LogP contribution in [0.2, 0.25) is 0 Å². The van der Waals surface area contributed by atoms with Crippen LogP contribution in [0.1, 0.15) is 0 Å². The van der Waals surface area contributed by atoms with Crippen LogP contribution in [0.15, 0.2) is 24.1 Å². The molecule has 0 amide bonds. The fourth-order valence-electron chi connectivity index (χ4n) is 0.196. The summed E-state index contributed by atoms with van der Waals surface area (Å²) in [4.78, 5) is 0. The van der Waals surface area contributed by atoms with Gasteiger partial charge in [0.25, 0.3) is 0 Å². The number of hydrogen-bond donors (Lipinski definition) is 0. The number of hydrogen-bond acceptors (Lipinski definition) is 2. The van der Waals surface area contributed by atoms with Crippen LogP contribution >= 0.6 is 11.3 Å². The molecule has 0 bridgehead atoms. The fourth-order valence-corrected chi connectivity index (χ4v) is 0.589. The van der Waals surface area contributed by atoms with Crippen LogP contribution < -0.4 is 37.7 Å². The van der Waals surface area contributed by atoms with Crippen molar-refractivity contribution in [1.82, 2.24) is 0 Å². The molecule has 0 fully saturated rings. The Bertz CT molecular complexity index is 116. The van der Waals surface area contributed by atoms with Gasteiger partial charge in [0.15, 0.2) is 0 Å². The molecule has 0 radical (unpaired) electrons. The summed E-state index contributed by atoms with van der Waals surface area (Å²) in [5, 5.41) is 11.1. The molecule has 1 aromatic heterocycles. The SMILES string of the molecule is [C-]#N.[CH-]=C.[Cu+].[Li+].[Li+].[c-]1cccs1. The zero-order chi connectivity index (χ0) is 7.54. The Morgan fingerprint density at radius 1 is 1.33 bits per heavy atom. The molecule has 0 aliphatic heterocycles. The van der Waals surface area contributed by atoms with Crippen molar-refractivity contribution in [2.45, 2.75) is 0 Å². The quantitative estimate of drug-likeness (QED) is 0.321. The first kappa shape index (κ1) is 29.3. The first-order chi connectivity index (χ1) is 4.50. The van der Waals surface area contributed by atoms with Gasteiger partial charge in [-0.3, -0.25) is 6.58 Å². The largest absolute Gasteiger partial charge is 1.00 e. The van der Waals surface area contributed by atoms with Gasteiger partial charge in [-0.05, 0) is 0 Å². The standard InChI is InChI=1S/C4H3S.C2H3.CN.Cu.2Li/c1-2-4-5-3-1;2*1-2;;;/h1-3H;1H,2H2;;;;/q3*-1;3*+1. The zero-order valence-corrected chi connectivity index (χ0v) is 8.93. The Balaban J connectivity index is -0.0000000213.